The number of hydrogen-bond donors (Lipinski definition) is 2. The fourth-order valence-corrected chi connectivity index (χ4v) is 1.27. The smallest absolute Gasteiger partial charge is 0.222 e. The van der Waals surface area contributed by atoms with Crippen molar-refractivity contribution in [2.24, 2.45) is 0 Å². The third-order valence-electron chi connectivity index (χ3n) is 2.02. The molecule has 1 aliphatic heterocycles. The average Bonchev–Trinajstić information content (AvgIpc) is 2.01. The first kappa shape index (κ1) is 7.16. The van der Waals surface area contributed by atoms with Crippen LogP contribution in [0.2, 0.25) is 0 Å². The predicted molar refractivity (Wildman–Crippen MR) is 43.6 cm³/mol. The maximum Gasteiger partial charge on any atom is 0.222 e. The Morgan fingerprint density at radius 1 is 1.33 bits per heavy atom. The van der Waals surface area contributed by atoms with Crippen LogP contribution in [0.3, 0.4) is 0 Å². The van der Waals surface area contributed by atoms with Gasteiger partial charge in [-0.05, 0) is 17.7 Å². The monoisotopic (exact) mass is 163 g/mol. The van der Waals surface area contributed by atoms with Crippen LogP contribution in [0.5, 0.6) is 5.75 Å². The molecule has 1 heterocycles. The van der Waals surface area contributed by atoms with E-state index in [0.717, 1.165) is 5.56 Å². The molecule has 12 heavy (non-hydrogen) atoms. The van der Waals surface area contributed by atoms with E-state index in [1.807, 2.05) is 12.1 Å². The van der Waals surface area contributed by atoms with Gasteiger partial charge >= 0.3 is 0 Å². The van der Waals surface area contributed by atoms with Crippen molar-refractivity contribution in [1.82, 2.24) is 5.32 Å². The van der Waals surface area contributed by atoms with Crippen LogP contribution in [0, 0.1) is 0 Å². The van der Waals surface area contributed by atoms with E-state index in [1.54, 1.807) is 12.1 Å². The van der Waals surface area contributed by atoms with Crippen LogP contribution in [-0.2, 0) is 4.79 Å². The van der Waals surface area contributed by atoms with Gasteiger partial charge in [0.25, 0.3) is 0 Å². The zero-order chi connectivity index (χ0) is 8.55. The Morgan fingerprint density at radius 3 is 2.42 bits per heavy atom. The van der Waals surface area contributed by atoms with Gasteiger partial charge in [0.2, 0.25) is 5.91 Å². The van der Waals surface area contributed by atoms with Crippen molar-refractivity contribution in [3.8, 4) is 5.75 Å². The van der Waals surface area contributed by atoms with Gasteiger partial charge in [-0.2, -0.15) is 0 Å². The Bertz CT molecular complexity index is 297. The first-order chi connectivity index (χ1) is 5.75. The molecule has 0 radical (unpaired) electrons. The van der Waals surface area contributed by atoms with Gasteiger partial charge in [-0.1, -0.05) is 12.1 Å². The van der Waals surface area contributed by atoms with Crippen LogP contribution in [-0.4, -0.2) is 11.0 Å². The number of β-lactam (4-membered cyclic amide) rings is 1. The lowest BCUT2D eigenvalue weighted by molar-refractivity contribution is -0.128. The predicted octanol–water partition coefficient (Wildman–Crippen LogP) is 0.953. The van der Waals surface area contributed by atoms with E-state index in [2.05, 4.69) is 5.32 Å². The molecule has 0 aliphatic carbocycles. The minimum absolute atomic E-state index is 0.0908. The van der Waals surface area contributed by atoms with Crippen molar-refractivity contribution in [2.45, 2.75) is 12.5 Å². The quantitative estimate of drug-likeness (QED) is 0.605. The molecule has 3 nitrogen and oxygen atoms in total. The topological polar surface area (TPSA) is 49.3 Å². The van der Waals surface area contributed by atoms with Crippen molar-refractivity contribution in [1.29, 1.82) is 0 Å². The zero-order valence-electron chi connectivity index (χ0n) is 6.45. The molecule has 1 aromatic carbocycles. The van der Waals surface area contributed by atoms with Gasteiger partial charge < -0.3 is 10.4 Å². The fourth-order valence-electron chi connectivity index (χ4n) is 1.27. The minimum Gasteiger partial charge on any atom is -0.508 e. The normalized spacial score (nSPS) is 21.3. The number of amides is 1. The number of nitrogens with one attached hydrogen (secondary N) is 1. The molecule has 0 saturated carbocycles. The van der Waals surface area contributed by atoms with Crippen molar-refractivity contribution in [3.05, 3.63) is 29.8 Å². The van der Waals surface area contributed by atoms with Gasteiger partial charge in [-0.25, -0.2) is 0 Å². The SMILES string of the molecule is O=C1CC(c2ccc(O)cc2)N1. The summed E-state index contributed by atoms with van der Waals surface area (Å²) in [7, 11) is 0. The van der Waals surface area contributed by atoms with Crippen molar-refractivity contribution < 1.29 is 9.90 Å². The Balaban J connectivity index is 2.14. The second kappa shape index (κ2) is 2.52. The third-order valence-corrected chi connectivity index (χ3v) is 2.02. The van der Waals surface area contributed by atoms with Gasteiger partial charge in [0, 0.05) is 0 Å². The summed E-state index contributed by atoms with van der Waals surface area (Å²) in [6, 6.07) is 7.04. The summed E-state index contributed by atoms with van der Waals surface area (Å²) in [4.78, 5) is 10.6. The van der Waals surface area contributed by atoms with Crippen molar-refractivity contribution in [3.63, 3.8) is 0 Å². The van der Waals surface area contributed by atoms with E-state index in [-0.39, 0.29) is 17.7 Å². The molecule has 1 unspecified atom stereocenters. The number of hydrogen-bond acceptors (Lipinski definition) is 2. The Hall–Kier alpha value is -1.51. The zero-order valence-corrected chi connectivity index (χ0v) is 6.45. The van der Waals surface area contributed by atoms with Crippen LogP contribution in [0.1, 0.15) is 18.0 Å². The van der Waals surface area contributed by atoms with Gasteiger partial charge in [0.05, 0.1) is 12.5 Å². The standard InChI is InChI=1S/C9H9NO2/c11-7-3-1-6(2-4-7)8-5-9(12)10-8/h1-4,8,11H,5H2,(H,10,12). The number of aromatic hydroxyl groups is 1. The molecular formula is C9H9NO2. The molecule has 0 aromatic heterocycles. The lowest BCUT2D eigenvalue weighted by Crippen LogP contribution is -2.41. The number of carbonyl (C=O) groups excluding carboxylic acids is 1. The third kappa shape index (κ3) is 1.13. The number of rotatable bonds is 1. The maximum absolute atomic E-state index is 10.6. The second-order valence-corrected chi connectivity index (χ2v) is 2.92. The number of phenolic OH excluding ortho intramolecular Hbond substituents is 1. The minimum atomic E-state index is 0.0908. The first-order valence-corrected chi connectivity index (χ1v) is 3.84. The van der Waals surface area contributed by atoms with Crippen LogP contribution in [0.4, 0.5) is 0 Å². The lowest BCUT2D eigenvalue weighted by atomic mass is 9.97. The molecule has 2 rings (SSSR count). The van der Waals surface area contributed by atoms with E-state index >= 15 is 0 Å². The number of carbonyl (C=O) groups is 1. The lowest BCUT2D eigenvalue weighted by Gasteiger charge is -2.27. The first-order valence-electron chi connectivity index (χ1n) is 3.84. The maximum atomic E-state index is 10.6. The summed E-state index contributed by atoms with van der Waals surface area (Å²) in [5.74, 6) is 0.345. The average molecular weight is 163 g/mol. The van der Waals surface area contributed by atoms with Crippen LogP contribution >= 0.6 is 0 Å². The van der Waals surface area contributed by atoms with E-state index in [9.17, 15) is 4.79 Å². The molecule has 1 atom stereocenters. The molecule has 1 aliphatic rings. The molecule has 1 aromatic rings. The van der Waals surface area contributed by atoms with E-state index in [1.165, 1.54) is 0 Å². The Kier molecular flexibility index (Phi) is 1.50. The van der Waals surface area contributed by atoms with Crippen LogP contribution in [0.25, 0.3) is 0 Å². The van der Waals surface area contributed by atoms with E-state index < -0.39 is 0 Å². The van der Waals surface area contributed by atoms with Gasteiger partial charge in [-0.3, -0.25) is 4.79 Å². The summed E-state index contributed by atoms with van der Waals surface area (Å²) in [6.07, 6.45) is 0.560. The molecule has 0 spiro atoms. The van der Waals surface area contributed by atoms with Crippen LogP contribution in [0.15, 0.2) is 24.3 Å². The van der Waals surface area contributed by atoms with Crippen molar-refractivity contribution >= 4 is 5.91 Å². The highest BCUT2D eigenvalue weighted by Gasteiger charge is 2.26. The summed E-state index contributed by atoms with van der Waals surface area (Å²) < 4.78 is 0. The highest BCUT2D eigenvalue weighted by Crippen LogP contribution is 2.24. The largest absolute Gasteiger partial charge is 0.508 e. The molecule has 0 bridgehead atoms. The molecule has 1 fully saturated rings. The Morgan fingerprint density at radius 2 is 1.92 bits per heavy atom. The van der Waals surface area contributed by atoms with Gasteiger partial charge in [0.15, 0.2) is 0 Å². The van der Waals surface area contributed by atoms with Gasteiger partial charge in [0.1, 0.15) is 5.75 Å². The summed E-state index contributed by atoms with van der Waals surface area (Å²) in [6.45, 7) is 0. The molecule has 1 saturated heterocycles. The fraction of sp³-hybridized carbons (Fsp3) is 0.222. The molecular weight excluding hydrogens is 154 g/mol. The van der Waals surface area contributed by atoms with Gasteiger partial charge in [-0.15, -0.1) is 0 Å². The molecule has 1 amide bonds. The van der Waals surface area contributed by atoms with E-state index in [4.69, 9.17) is 5.11 Å². The summed E-state index contributed by atoms with van der Waals surface area (Å²) in [5.41, 5.74) is 1.05. The number of benzene rings is 1. The van der Waals surface area contributed by atoms with Crippen molar-refractivity contribution in [2.75, 3.05) is 0 Å². The van der Waals surface area contributed by atoms with E-state index in [0.29, 0.717) is 6.42 Å². The highest BCUT2D eigenvalue weighted by molar-refractivity contribution is 5.83. The molecule has 2 N–H and O–H groups in total. The molecule has 62 valence electrons. The highest BCUT2D eigenvalue weighted by atomic mass is 16.3. The Labute approximate surface area is 70.0 Å². The summed E-state index contributed by atoms with van der Waals surface area (Å²) >= 11 is 0. The second-order valence-electron chi connectivity index (χ2n) is 2.92. The molecule has 3 heteroatoms. The van der Waals surface area contributed by atoms with Crippen LogP contribution < -0.4 is 5.32 Å². The number of phenols is 1. The summed E-state index contributed by atoms with van der Waals surface area (Å²) in [5, 5.41) is 11.8.